The monoisotopic (exact) mass is 288 g/mol. The molecule has 0 radical (unpaired) electrons. The van der Waals surface area contributed by atoms with Gasteiger partial charge in [-0.2, -0.15) is 0 Å². The molecule has 4 heteroatoms. The van der Waals surface area contributed by atoms with E-state index in [1.807, 2.05) is 24.3 Å². The van der Waals surface area contributed by atoms with Gasteiger partial charge in [-0.1, -0.05) is 17.7 Å². The number of pyridine rings is 1. The molecule has 1 heterocycles. The van der Waals surface area contributed by atoms with Crippen molar-refractivity contribution in [2.24, 2.45) is 0 Å². The number of nitrogens with zero attached hydrogens (tertiary/aromatic N) is 1. The van der Waals surface area contributed by atoms with E-state index in [2.05, 4.69) is 16.4 Å². The van der Waals surface area contributed by atoms with Gasteiger partial charge in [0.2, 0.25) is 0 Å². The van der Waals surface area contributed by atoms with E-state index in [0.717, 1.165) is 34.1 Å². The lowest BCUT2D eigenvalue weighted by atomic mass is 10.1. The van der Waals surface area contributed by atoms with Crippen LogP contribution in [0.3, 0.4) is 0 Å². The molecule has 20 heavy (non-hydrogen) atoms. The van der Waals surface area contributed by atoms with Gasteiger partial charge in [-0.15, -0.1) is 0 Å². The first kappa shape index (κ1) is 13.4. The maximum absolute atomic E-state index is 6.27. The van der Waals surface area contributed by atoms with Crippen LogP contribution in [-0.4, -0.2) is 18.1 Å². The van der Waals surface area contributed by atoms with Gasteiger partial charge in [-0.25, -0.2) is 0 Å². The minimum absolute atomic E-state index is 0.666. The van der Waals surface area contributed by atoms with Crippen LogP contribution in [0.2, 0.25) is 5.02 Å². The Balaban J connectivity index is 1.90. The molecule has 1 N–H and O–H groups in total. The molecule has 0 atom stereocenters. The van der Waals surface area contributed by atoms with E-state index in [1.165, 1.54) is 12.8 Å². The molecule has 1 fully saturated rings. The van der Waals surface area contributed by atoms with Crippen molar-refractivity contribution in [3.63, 3.8) is 0 Å². The Bertz CT molecular complexity index is 611. The van der Waals surface area contributed by atoms with Crippen molar-refractivity contribution in [3.05, 3.63) is 47.1 Å². The smallest absolute Gasteiger partial charge is 0.145 e. The summed E-state index contributed by atoms with van der Waals surface area (Å²) in [5.41, 5.74) is 2.97. The molecule has 0 spiro atoms. The number of ether oxygens (including phenoxy) is 1. The van der Waals surface area contributed by atoms with Crippen molar-refractivity contribution in [3.8, 4) is 17.0 Å². The molecular weight excluding hydrogens is 272 g/mol. The molecule has 1 saturated carbocycles. The summed E-state index contributed by atoms with van der Waals surface area (Å²) in [4.78, 5) is 4.41. The highest BCUT2D eigenvalue weighted by Crippen LogP contribution is 2.30. The third-order valence-electron chi connectivity index (χ3n) is 3.47. The predicted octanol–water partition coefficient (Wildman–Crippen LogP) is 3.66. The summed E-state index contributed by atoms with van der Waals surface area (Å²) in [5, 5.41) is 4.27. The molecule has 1 aliphatic rings. The molecule has 104 valence electrons. The van der Waals surface area contributed by atoms with Crippen molar-refractivity contribution >= 4 is 11.6 Å². The molecule has 3 rings (SSSR count). The summed E-state index contributed by atoms with van der Waals surface area (Å²) >= 11 is 6.27. The first-order valence-electron chi connectivity index (χ1n) is 6.79. The van der Waals surface area contributed by atoms with E-state index >= 15 is 0 Å². The van der Waals surface area contributed by atoms with Crippen LogP contribution in [0.25, 0.3) is 11.3 Å². The number of benzene rings is 1. The van der Waals surface area contributed by atoms with Crippen LogP contribution in [0.5, 0.6) is 5.75 Å². The van der Waals surface area contributed by atoms with E-state index < -0.39 is 0 Å². The van der Waals surface area contributed by atoms with Gasteiger partial charge in [0.15, 0.2) is 0 Å². The minimum Gasteiger partial charge on any atom is -0.494 e. The second kappa shape index (κ2) is 5.81. The van der Waals surface area contributed by atoms with Gasteiger partial charge in [0, 0.05) is 29.4 Å². The predicted molar refractivity (Wildman–Crippen MR) is 81.1 cm³/mol. The average Bonchev–Trinajstić information content (AvgIpc) is 3.30. The lowest BCUT2D eigenvalue weighted by Gasteiger charge is -2.10. The molecule has 1 aromatic heterocycles. The first-order valence-corrected chi connectivity index (χ1v) is 7.17. The number of rotatable bonds is 5. The molecule has 1 aliphatic carbocycles. The molecule has 0 unspecified atom stereocenters. The second-order valence-corrected chi connectivity index (χ2v) is 5.42. The Hall–Kier alpha value is -1.58. The zero-order chi connectivity index (χ0) is 13.9. The third kappa shape index (κ3) is 2.94. The summed E-state index contributed by atoms with van der Waals surface area (Å²) in [6, 6.07) is 10.4. The van der Waals surface area contributed by atoms with Crippen LogP contribution in [0.1, 0.15) is 18.4 Å². The molecule has 1 aromatic carbocycles. The topological polar surface area (TPSA) is 34.1 Å². The normalized spacial score (nSPS) is 14.3. The number of hydrogen-bond acceptors (Lipinski definition) is 3. The highest BCUT2D eigenvalue weighted by atomic mass is 35.5. The first-order chi connectivity index (χ1) is 9.78. The van der Waals surface area contributed by atoms with Crippen LogP contribution in [0.15, 0.2) is 36.5 Å². The van der Waals surface area contributed by atoms with Crippen LogP contribution in [0, 0.1) is 0 Å². The minimum atomic E-state index is 0.666. The molecule has 0 bridgehead atoms. The number of aromatic nitrogens is 1. The fourth-order valence-corrected chi connectivity index (χ4v) is 2.36. The Kier molecular flexibility index (Phi) is 3.90. The Morgan fingerprint density at radius 3 is 2.95 bits per heavy atom. The quantitative estimate of drug-likeness (QED) is 0.912. The number of halogens is 1. The van der Waals surface area contributed by atoms with Crippen LogP contribution in [0.4, 0.5) is 0 Å². The van der Waals surface area contributed by atoms with Gasteiger partial charge in [0.25, 0.3) is 0 Å². The standard InChI is InChI=1S/C16H17ClN2O/c1-20-15-3-2-8-18-16(15)11-4-7-14(17)12(9-11)10-19-13-5-6-13/h2-4,7-9,13,19H,5-6,10H2,1H3. The molecule has 2 aromatic rings. The Labute approximate surface area is 123 Å². The van der Waals surface area contributed by atoms with Crippen molar-refractivity contribution < 1.29 is 4.74 Å². The SMILES string of the molecule is COc1cccnc1-c1ccc(Cl)c(CNC2CC2)c1. The number of methoxy groups -OCH3 is 1. The van der Waals surface area contributed by atoms with Crippen molar-refractivity contribution in [2.45, 2.75) is 25.4 Å². The number of nitrogens with one attached hydrogen (secondary N) is 1. The summed E-state index contributed by atoms with van der Waals surface area (Å²) in [5.74, 6) is 0.774. The van der Waals surface area contributed by atoms with E-state index in [-0.39, 0.29) is 0 Å². The van der Waals surface area contributed by atoms with Crippen LogP contribution < -0.4 is 10.1 Å². The molecule has 0 amide bonds. The third-order valence-corrected chi connectivity index (χ3v) is 3.84. The summed E-state index contributed by atoms with van der Waals surface area (Å²) in [6.45, 7) is 0.798. The molecule has 3 nitrogen and oxygen atoms in total. The van der Waals surface area contributed by atoms with Crippen molar-refractivity contribution in [1.82, 2.24) is 10.3 Å². The van der Waals surface area contributed by atoms with Crippen LogP contribution >= 0.6 is 11.6 Å². The number of hydrogen-bond donors (Lipinski definition) is 1. The second-order valence-electron chi connectivity index (χ2n) is 5.02. The van der Waals surface area contributed by atoms with Gasteiger partial charge in [-0.3, -0.25) is 4.98 Å². The van der Waals surface area contributed by atoms with Gasteiger partial charge < -0.3 is 10.1 Å². The van der Waals surface area contributed by atoms with Crippen LogP contribution in [-0.2, 0) is 6.54 Å². The lowest BCUT2D eigenvalue weighted by Crippen LogP contribution is -2.15. The zero-order valence-corrected chi connectivity index (χ0v) is 12.2. The van der Waals surface area contributed by atoms with E-state index in [1.54, 1.807) is 13.3 Å². The fourth-order valence-electron chi connectivity index (χ4n) is 2.17. The van der Waals surface area contributed by atoms with E-state index in [4.69, 9.17) is 16.3 Å². The zero-order valence-electron chi connectivity index (χ0n) is 11.4. The maximum Gasteiger partial charge on any atom is 0.145 e. The molecule has 0 saturated heterocycles. The Morgan fingerprint density at radius 1 is 1.35 bits per heavy atom. The van der Waals surface area contributed by atoms with Crippen molar-refractivity contribution in [2.75, 3.05) is 7.11 Å². The summed E-state index contributed by atoms with van der Waals surface area (Å²) in [7, 11) is 1.66. The Morgan fingerprint density at radius 2 is 2.20 bits per heavy atom. The molecule has 0 aliphatic heterocycles. The van der Waals surface area contributed by atoms with Crippen molar-refractivity contribution in [1.29, 1.82) is 0 Å². The van der Waals surface area contributed by atoms with Gasteiger partial charge in [-0.05, 0) is 42.7 Å². The highest BCUT2D eigenvalue weighted by Gasteiger charge is 2.20. The van der Waals surface area contributed by atoms with Gasteiger partial charge in [0.1, 0.15) is 11.4 Å². The van der Waals surface area contributed by atoms with Gasteiger partial charge in [0.05, 0.1) is 7.11 Å². The fraction of sp³-hybridized carbons (Fsp3) is 0.312. The van der Waals surface area contributed by atoms with E-state index in [0.29, 0.717) is 6.04 Å². The average molecular weight is 289 g/mol. The maximum atomic E-state index is 6.27. The largest absolute Gasteiger partial charge is 0.494 e. The summed E-state index contributed by atoms with van der Waals surface area (Å²) < 4.78 is 5.37. The lowest BCUT2D eigenvalue weighted by molar-refractivity contribution is 0.415. The van der Waals surface area contributed by atoms with Gasteiger partial charge >= 0.3 is 0 Å². The molecular formula is C16H17ClN2O. The summed E-state index contributed by atoms with van der Waals surface area (Å²) in [6.07, 6.45) is 4.31. The van der Waals surface area contributed by atoms with E-state index in [9.17, 15) is 0 Å². The highest BCUT2D eigenvalue weighted by molar-refractivity contribution is 6.31.